The van der Waals surface area contributed by atoms with E-state index in [0.29, 0.717) is 0 Å². The average Bonchev–Trinajstić information content (AvgIpc) is 2.94. The number of hydrogen-bond acceptors (Lipinski definition) is 2. The summed E-state index contributed by atoms with van der Waals surface area (Å²) in [5, 5.41) is 10.2. The van der Waals surface area contributed by atoms with Gasteiger partial charge in [0, 0.05) is 15.6 Å². The first kappa shape index (κ1) is 11.0. The second-order valence-corrected chi connectivity index (χ2v) is 5.04. The lowest BCUT2D eigenvalue weighted by Gasteiger charge is -2.18. The van der Waals surface area contributed by atoms with Crippen molar-refractivity contribution in [3.8, 4) is 5.75 Å². The van der Waals surface area contributed by atoms with Gasteiger partial charge in [0.1, 0.15) is 5.75 Å². The summed E-state index contributed by atoms with van der Waals surface area (Å²) in [6, 6.07) is 2.02. The van der Waals surface area contributed by atoms with Crippen LogP contribution in [0.5, 0.6) is 5.75 Å². The van der Waals surface area contributed by atoms with Crippen molar-refractivity contribution in [1.29, 1.82) is 0 Å². The maximum absolute atomic E-state index is 10.2. The second kappa shape index (κ2) is 3.49. The molecule has 0 radical (unpaired) electrons. The number of halogens is 1. The Morgan fingerprint density at radius 1 is 1.40 bits per heavy atom. The minimum atomic E-state index is -0.637. The molecule has 1 aliphatic rings. The molecule has 0 aromatic heterocycles. The zero-order valence-corrected chi connectivity index (χ0v) is 10.8. The normalized spacial score (nSPS) is 17.7. The van der Waals surface area contributed by atoms with Gasteiger partial charge in [-0.1, -0.05) is 15.9 Å². The molecule has 1 saturated carbocycles. The van der Waals surface area contributed by atoms with Gasteiger partial charge in [-0.3, -0.25) is 0 Å². The lowest BCUT2D eigenvalue weighted by molar-refractivity contribution is 0.147. The number of ether oxygens (including phenoxy) is 1. The smallest absolute Gasteiger partial charge is 0.128 e. The van der Waals surface area contributed by atoms with E-state index in [2.05, 4.69) is 15.9 Å². The first-order chi connectivity index (χ1) is 6.99. The van der Waals surface area contributed by atoms with Crippen LogP contribution in [0.25, 0.3) is 0 Å². The number of aryl methyl sites for hydroxylation is 1. The van der Waals surface area contributed by atoms with Gasteiger partial charge in [0.15, 0.2) is 0 Å². The number of benzene rings is 1. The molecule has 0 amide bonds. The van der Waals surface area contributed by atoms with Crippen molar-refractivity contribution in [3.63, 3.8) is 0 Å². The van der Waals surface area contributed by atoms with Crippen LogP contribution in [0.15, 0.2) is 10.5 Å². The quantitative estimate of drug-likeness (QED) is 0.895. The number of methoxy groups -OCH3 is 1. The van der Waals surface area contributed by atoms with E-state index in [1.165, 1.54) is 0 Å². The minimum absolute atomic E-state index is 0.637. The van der Waals surface area contributed by atoms with E-state index in [4.69, 9.17) is 4.74 Å². The van der Waals surface area contributed by atoms with Gasteiger partial charge in [0.2, 0.25) is 0 Å². The third-order valence-corrected chi connectivity index (χ3v) is 4.27. The first-order valence-electron chi connectivity index (χ1n) is 5.06. The summed E-state index contributed by atoms with van der Waals surface area (Å²) in [7, 11) is 1.65. The largest absolute Gasteiger partial charge is 0.496 e. The molecule has 0 aliphatic heterocycles. The lowest BCUT2D eigenvalue weighted by Crippen LogP contribution is -2.09. The first-order valence-corrected chi connectivity index (χ1v) is 5.85. The van der Waals surface area contributed by atoms with Crippen LogP contribution in [-0.4, -0.2) is 12.2 Å². The van der Waals surface area contributed by atoms with Gasteiger partial charge in [-0.2, -0.15) is 0 Å². The maximum atomic E-state index is 10.2. The van der Waals surface area contributed by atoms with Crippen LogP contribution < -0.4 is 4.74 Å². The molecule has 0 unspecified atom stereocenters. The topological polar surface area (TPSA) is 29.5 Å². The fourth-order valence-corrected chi connectivity index (χ4v) is 2.23. The highest BCUT2D eigenvalue weighted by Crippen LogP contribution is 2.50. The van der Waals surface area contributed by atoms with Gasteiger partial charge in [-0.05, 0) is 38.3 Å². The average molecular weight is 271 g/mol. The molecule has 0 saturated heterocycles. The third kappa shape index (κ3) is 1.68. The van der Waals surface area contributed by atoms with Gasteiger partial charge in [0.05, 0.1) is 12.7 Å². The number of rotatable bonds is 2. The fraction of sp³-hybridized carbons (Fsp3) is 0.500. The SMILES string of the molecule is COc1c(C2(O)CC2)cc(C)c(Br)c1C. The van der Waals surface area contributed by atoms with Crippen LogP contribution in [0.1, 0.15) is 29.5 Å². The molecular weight excluding hydrogens is 256 g/mol. The number of aliphatic hydroxyl groups is 1. The van der Waals surface area contributed by atoms with Crippen molar-refractivity contribution < 1.29 is 9.84 Å². The predicted molar refractivity (Wildman–Crippen MR) is 63.3 cm³/mol. The highest BCUT2D eigenvalue weighted by molar-refractivity contribution is 9.10. The van der Waals surface area contributed by atoms with E-state index >= 15 is 0 Å². The highest BCUT2D eigenvalue weighted by atomic mass is 79.9. The Morgan fingerprint density at radius 3 is 2.47 bits per heavy atom. The molecule has 2 nitrogen and oxygen atoms in total. The van der Waals surface area contributed by atoms with Crippen molar-refractivity contribution in [2.45, 2.75) is 32.3 Å². The second-order valence-electron chi connectivity index (χ2n) is 4.24. The van der Waals surface area contributed by atoms with Gasteiger partial charge in [-0.15, -0.1) is 0 Å². The van der Waals surface area contributed by atoms with E-state index in [1.54, 1.807) is 7.11 Å². The van der Waals surface area contributed by atoms with E-state index < -0.39 is 5.60 Å². The molecule has 15 heavy (non-hydrogen) atoms. The van der Waals surface area contributed by atoms with Crippen molar-refractivity contribution in [2.24, 2.45) is 0 Å². The summed E-state index contributed by atoms with van der Waals surface area (Å²) < 4.78 is 6.45. The predicted octanol–water partition coefficient (Wildman–Crippen LogP) is 3.06. The Morgan fingerprint density at radius 2 is 2.00 bits per heavy atom. The molecule has 1 aromatic rings. The zero-order valence-electron chi connectivity index (χ0n) is 9.22. The standard InChI is InChI=1S/C12H15BrO2/c1-7-6-9(12(14)4-5-12)11(15-3)8(2)10(7)13/h6,14H,4-5H2,1-3H3. The van der Waals surface area contributed by atoms with Crippen LogP contribution in [0.3, 0.4) is 0 Å². The molecule has 3 heteroatoms. The molecule has 1 aromatic carbocycles. The third-order valence-electron chi connectivity index (χ3n) is 3.05. The molecule has 1 aliphatic carbocycles. The molecule has 0 spiro atoms. The van der Waals surface area contributed by atoms with E-state index in [1.807, 2.05) is 19.9 Å². The van der Waals surface area contributed by atoms with Gasteiger partial charge >= 0.3 is 0 Å². The summed E-state index contributed by atoms with van der Waals surface area (Å²) in [5.41, 5.74) is 2.50. The molecule has 1 N–H and O–H groups in total. The van der Waals surface area contributed by atoms with Crippen molar-refractivity contribution in [2.75, 3.05) is 7.11 Å². The van der Waals surface area contributed by atoms with E-state index in [0.717, 1.165) is 39.8 Å². The Labute approximate surface area is 98.4 Å². The molecule has 0 heterocycles. The lowest BCUT2D eigenvalue weighted by atomic mass is 10.00. The number of hydrogen-bond donors (Lipinski definition) is 1. The molecule has 1 fully saturated rings. The zero-order chi connectivity index (χ0) is 11.2. The van der Waals surface area contributed by atoms with E-state index in [9.17, 15) is 5.11 Å². The Bertz CT molecular complexity index is 409. The van der Waals surface area contributed by atoms with Crippen LogP contribution in [0, 0.1) is 13.8 Å². The van der Waals surface area contributed by atoms with Crippen molar-refractivity contribution in [3.05, 3.63) is 27.2 Å². The molecule has 0 bridgehead atoms. The molecule has 0 atom stereocenters. The summed E-state index contributed by atoms with van der Waals surface area (Å²) in [4.78, 5) is 0. The van der Waals surface area contributed by atoms with Crippen LogP contribution >= 0.6 is 15.9 Å². The van der Waals surface area contributed by atoms with Gasteiger partial charge in [0.25, 0.3) is 0 Å². The summed E-state index contributed by atoms with van der Waals surface area (Å²) in [6.45, 7) is 4.04. The van der Waals surface area contributed by atoms with E-state index in [-0.39, 0.29) is 0 Å². The summed E-state index contributed by atoms with van der Waals surface area (Å²) in [5.74, 6) is 0.812. The van der Waals surface area contributed by atoms with Crippen LogP contribution in [-0.2, 0) is 5.60 Å². The molecule has 82 valence electrons. The summed E-state index contributed by atoms with van der Waals surface area (Å²) in [6.07, 6.45) is 1.67. The fourth-order valence-electron chi connectivity index (χ4n) is 1.94. The van der Waals surface area contributed by atoms with Crippen LogP contribution in [0.4, 0.5) is 0 Å². The molecule has 2 rings (SSSR count). The van der Waals surface area contributed by atoms with Gasteiger partial charge < -0.3 is 9.84 Å². The monoisotopic (exact) mass is 270 g/mol. The maximum Gasteiger partial charge on any atom is 0.128 e. The van der Waals surface area contributed by atoms with Crippen molar-refractivity contribution in [1.82, 2.24) is 0 Å². The van der Waals surface area contributed by atoms with Crippen molar-refractivity contribution >= 4 is 15.9 Å². The Hall–Kier alpha value is -0.540. The minimum Gasteiger partial charge on any atom is -0.496 e. The summed E-state index contributed by atoms with van der Waals surface area (Å²) >= 11 is 3.53. The molecular formula is C12H15BrO2. The highest BCUT2D eigenvalue weighted by Gasteiger charge is 2.44. The van der Waals surface area contributed by atoms with Crippen LogP contribution in [0.2, 0.25) is 0 Å². The van der Waals surface area contributed by atoms with Gasteiger partial charge in [-0.25, -0.2) is 0 Å². The Kier molecular flexibility index (Phi) is 2.55. The Balaban J connectivity index is 2.63.